The molecule has 0 aromatic heterocycles. The van der Waals surface area contributed by atoms with Gasteiger partial charge in [0.1, 0.15) is 5.82 Å². The molecule has 0 aliphatic heterocycles. The van der Waals surface area contributed by atoms with Crippen molar-refractivity contribution in [2.75, 3.05) is 13.7 Å². The van der Waals surface area contributed by atoms with Crippen LogP contribution in [0, 0.1) is 43.8 Å². The molecular weight excluding hydrogens is 421 g/mol. The number of nitrogens with one attached hydrogen (secondary N) is 1. The number of carbonyl (C=O) groups excluding carboxylic acids is 2. The molecule has 2 rings (SSSR count). The summed E-state index contributed by atoms with van der Waals surface area (Å²) in [6.45, 7) is 11.6. The predicted octanol–water partition coefficient (Wildman–Crippen LogP) is 4.63. The van der Waals surface area contributed by atoms with Gasteiger partial charge in [-0.2, -0.15) is 5.26 Å². The zero-order chi connectivity index (χ0) is 25.3. The highest BCUT2D eigenvalue weighted by Gasteiger charge is 2.24. The number of esters is 1. The molecule has 0 saturated carbocycles. The Bertz CT molecular complexity index is 998. The fourth-order valence-electron chi connectivity index (χ4n) is 3.42. The number of benzene rings is 2. The molecule has 1 atom stereocenters. The third-order valence-electron chi connectivity index (χ3n) is 4.73. The quantitative estimate of drug-likeness (QED) is 0.618. The normalized spacial score (nSPS) is 11.2. The van der Waals surface area contributed by atoms with Gasteiger partial charge in [0.25, 0.3) is 0 Å². The van der Waals surface area contributed by atoms with E-state index in [0.717, 1.165) is 28.2 Å². The van der Waals surface area contributed by atoms with Crippen molar-refractivity contribution in [2.24, 2.45) is 11.7 Å². The van der Waals surface area contributed by atoms with E-state index in [0.29, 0.717) is 11.1 Å². The third kappa shape index (κ3) is 7.99. The van der Waals surface area contributed by atoms with Crippen LogP contribution in [-0.4, -0.2) is 25.5 Å². The maximum atomic E-state index is 15.0. The van der Waals surface area contributed by atoms with E-state index < -0.39 is 23.7 Å². The number of methoxy groups -OCH3 is 1. The molecule has 2 aromatic carbocycles. The van der Waals surface area contributed by atoms with Crippen LogP contribution in [0.2, 0.25) is 0 Å². The summed E-state index contributed by atoms with van der Waals surface area (Å²) in [6.07, 6.45) is -0.229. The lowest BCUT2D eigenvalue weighted by Gasteiger charge is -2.21. The summed E-state index contributed by atoms with van der Waals surface area (Å²) >= 11 is 0. The van der Waals surface area contributed by atoms with Crippen molar-refractivity contribution >= 4 is 11.9 Å². The van der Waals surface area contributed by atoms with E-state index >= 15 is 0 Å². The largest absolute Gasteiger partial charge is 0.469 e. The Morgan fingerprint density at radius 2 is 1.64 bits per heavy atom. The van der Waals surface area contributed by atoms with E-state index in [4.69, 9.17) is 15.7 Å². The molecule has 0 heterocycles. The molecule has 0 radical (unpaired) electrons. The van der Waals surface area contributed by atoms with E-state index in [-0.39, 0.29) is 18.5 Å². The van der Waals surface area contributed by atoms with Gasteiger partial charge in [-0.05, 0) is 78.8 Å². The highest BCUT2D eigenvalue weighted by molar-refractivity contribution is 5.80. The lowest BCUT2D eigenvalue weighted by molar-refractivity contribution is -0.141. The van der Waals surface area contributed by atoms with Crippen LogP contribution in [0.1, 0.15) is 61.1 Å². The summed E-state index contributed by atoms with van der Waals surface area (Å²) in [5.74, 6) is -0.767. The highest BCUT2D eigenvalue weighted by atomic mass is 19.1. The minimum Gasteiger partial charge on any atom is -0.469 e. The Hall–Kier alpha value is -3.24. The minimum atomic E-state index is -0.920. The lowest BCUT2D eigenvalue weighted by Crippen LogP contribution is -2.35. The van der Waals surface area contributed by atoms with Crippen LogP contribution in [0.4, 0.5) is 4.39 Å². The number of halogens is 1. The fourth-order valence-corrected chi connectivity index (χ4v) is 3.42. The molecule has 2 aromatic rings. The maximum absolute atomic E-state index is 15.0. The van der Waals surface area contributed by atoms with Gasteiger partial charge < -0.3 is 15.8 Å². The lowest BCUT2D eigenvalue weighted by atomic mass is 9.89. The van der Waals surface area contributed by atoms with Crippen molar-refractivity contribution in [1.82, 2.24) is 5.32 Å². The van der Waals surface area contributed by atoms with Crippen molar-refractivity contribution in [3.63, 3.8) is 0 Å². The summed E-state index contributed by atoms with van der Waals surface area (Å²) in [4.78, 5) is 23.7. The summed E-state index contributed by atoms with van der Waals surface area (Å²) < 4.78 is 19.7. The van der Waals surface area contributed by atoms with Gasteiger partial charge in [-0.3, -0.25) is 9.59 Å². The van der Waals surface area contributed by atoms with E-state index in [1.54, 1.807) is 31.2 Å². The number of rotatable bonds is 6. The van der Waals surface area contributed by atoms with Crippen LogP contribution < -0.4 is 11.1 Å². The van der Waals surface area contributed by atoms with E-state index in [2.05, 4.69) is 32.2 Å². The first-order chi connectivity index (χ1) is 15.4. The van der Waals surface area contributed by atoms with Crippen LogP contribution in [0.15, 0.2) is 24.3 Å². The number of nitrogens with two attached hydrogens (primary N) is 1. The van der Waals surface area contributed by atoms with Gasteiger partial charge >= 0.3 is 5.97 Å². The number of nitrogens with zero attached hydrogens (tertiary/aromatic N) is 1. The van der Waals surface area contributed by atoms with E-state index in [1.807, 2.05) is 13.8 Å². The molecule has 1 amide bonds. The van der Waals surface area contributed by atoms with Crippen LogP contribution in [0.25, 0.3) is 11.1 Å². The molecule has 0 saturated heterocycles. The summed E-state index contributed by atoms with van der Waals surface area (Å²) in [6, 6.07) is 8.06. The van der Waals surface area contributed by atoms with Gasteiger partial charge in [0, 0.05) is 5.56 Å². The first-order valence-corrected chi connectivity index (χ1v) is 10.8. The Labute approximate surface area is 195 Å². The molecule has 6 nitrogen and oxygen atoms in total. The van der Waals surface area contributed by atoms with Crippen molar-refractivity contribution < 1.29 is 18.7 Å². The number of carbonyl (C=O) groups is 2. The number of ether oxygens (including phenoxy) is 1. The number of amides is 1. The summed E-state index contributed by atoms with van der Waals surface area (Å²) in [5, 5.41) is 11.8. The molecule has 0 fully saturated rings. The molecule has 33 heavy (non-hydrogen) atoms. The zero-order valence-corrected chi connectivity index (χ0v) is 20.5. The molecule has 0 spiro atoms. The van der Waals surface area contributed by atoms with Gasteiger partial charge in [-0.1, -0.05) is 20.8 Å². The zero-order valence-electron chi connectivity index (χ0n) is 20.5. The number of nitriles is 1. The smallest absolute Gasteiger partial charge is 0.307 e. The average molecular weight is 456 g/mol. The summed E-state index contributed by atoms with van der Waals surface area (Å²) in [5.41, 5.74) is 9.80. The Morgan fingerprint density at radius 3 is 2.09 bits per heavy atom. The van der Waals surface area contributed by atoms with Crippen molar-refractivity contribution in [3.05, 3.63) is 57.9 Å². The molecule has 0 aliphatic carbocycles. The number of aryl methyl sites for hydroxylation is 3. The SMILES string of the molecule is CC(C)C.COC(=O)CC(NC(=O)CN)c1cc(-c2c(C)cc(C#N)cc2C)cc(C)c1F. The molecule has 0 bridgehead atoms. The number of hydrogen-bond acceptors (Lipinski definition) is 5. The van der Waals surface area contributed by atoms with Crippen LogP contribution in [-0.2, 0) is 14.3 Å². The van der Waals surface area contributed by atoms with Crippen molar-refractivity contribution in [2.45, 2.75) is 54.0 Å². The fraction of sp³-hybridized carbons (Fsp3) is 0.423. The molecule has 0 aliphatic rings. The first kappa shape index (κ1) is 27.8. The van der Waals surface area contributed by atoms with Gasteiger partial charge in [-0.15, -0.1) is 0 Å². The van der Waals surface area contributed by atoms with Gasteiger partial charge in [0.2, 0.25) is 5.91 Å². The second-order valence-corrected chi connectivity index (χ2v) is 8.63. The van der Waals surface area contributed by atoms with E-state index in [9.17, 15) is 14.0 Å². The monoisotopic (exact) mass is 455 g/mol. The molecule has 178 valence electrons. The highest BCUT2D eigenvalue weighted by Crippen LogP contribution is 2.33. The van der Waals surface area contributed by atoms with Crippen LogP contribution in [0.5, 0.6) is 0 Å². The Morgan fingerprint density at radius 1 is 1.09 bits per heavy atom. The molecule has 3 N–H and O–H groups in total. The second kappa shape index (κ2) is 12.7. The standard InChI is InChI=1S/C22H24FN3O3.C4H10/c1-12-5-15(10-24)6-13(2)21(12)16-7-14(3)22(23)17(8-16)18(9-20(28)29-4)26-19(27)11-25;1-4(2)3/h5-8,18H,9,11,25H2,1-4H3,(H,26,27);4H,1-3H3. The maximum Gasteiger partial charge on any atom is 0.307 e. The molecular formula is C26H34FN3O3. The van der Waals surface area contributed by atoms with E-state index in [1.165, 1.54) is 7.11 Å². The summed E-state index contributed by atoms with van der Waals surface area (Å²) in [7, 11) is 1.23. The van der Waals surface area contributed by atoms with Crippen molar-refractivity contribution in [3.8, 4) is 17.2 Å². The topological polar surface area (TPSA) is 105 Å². The number of hydrogen-bond donors (Lipinski definition) is 2. The van der Waals surface area contributed by atoms with Gasteiger partial charge in [0.05, 0.1) is 37.7 Å². The average Bonchev–Trinajstić information content (AvgIpc) is 2.74. The van der Waals surface area contributed by atoms with Gasteiger partial charge in [-0.25, -0.2) is 4.39 Å². The molecule has 7 heteroatoms. The molecule has 1 unspecified atom stereocenters. The Kier molecular flexibility index (Phi) is 10.7. The third-order valence-corrected chi connectivity index (χ3v) is 4.73. The Balaban J connectivity index is 0.00000125. The van der Waals surface area contributed by atoms with Crippen LogP contribution in [0.3, 0.4) is 0 Å². The first-order valence-electron chi connectivity index (χ1n) is 10.8. The predicted molar refractivity (Wildman–Crippen MR) is 128 cm³/mol. The van der Waals surface area contributed by atoms with Crippen LogP contribution >= 0.6 is 0 Å². The van der Waals surface area contributed by atoms with Crippen molar-refractivity contribution in [1.29, 1.82) is 5.26 Å². The minimum absolute atomic E-state index is 0.176. The van der Waals surface area contributed by atoms with Gasteiger partial charge in [0.15, 0.2) is 0 Å². The second-order valence-electron chi connectivity index (χ2n) is 8.63.